The molecule has 17 heavy (non-hydrogen) atoms. The number of benzene rings is 1. The molecule has 2 aliphatic heterocycles. The van der Waals surface area contributed by atoms with Gasteiger partial charge in [0.1, 0.15) is 13.2 Å². The average molecular weight is 234 g/mol. The molecule has 0 saturated heterocycles. The molecule has 0 aromatic heterocycles. The smallest absolute Gasteiger partial charge is 0.436 e. The van der Waals surface area contributed by atoms with Crippen LogP contribution in [0.2, 0.25) is 0 Å². The van der Waals surface area contributed by atoms with E-state index in [0.29, 0.717) is 24.7 Å². The third kappa shape index (κ3) is 1.67. The molecule has 0 radical (unpaired) electrons. The summed E-state index contributed by atoms with van der Waals surface area (Å²) < 4.78 is 15.8. The van der Waals surface area contributed by atoms with E-state index in [2.05, 4.69) is 4.99 Å². The quantitative estimate of drug-likeness (QED) is 0.783. The molecule has 2 aliphatic rings. The summed E-state index contributed by atoms with van der Waals surface area (Å²) in [6.07, 6.45) is -1.29. The lowest BCUT2D eigenvalue weighted by molar-refractivity contribution is 0.147. The molecular weight excluding hydrogens is 224 g/mol. The molecule has 6 nitrogen and oxygen atoms in total. The number of fused-ring (bicyclic) bond motifs is 1. The summed E-state index contributed by atoms with van der Waals surface area (Å²) in [6.45, 7) is 1.04. The summed E-state index contributed by atoms with van der Waals surface area (Å²) in [4.78, 5) is 14.5. The second kappa shape index (κ2) is 3.65. The molecular formula is C11H10N2O4. The lowest BCUT2D eigenvalue weighted by Crippen LogP contribution is -2.20. The highest BCUT2D eigenvalue weighted by Gasteiger charge is 2.28. The number of carbonyl (C=O) groups is 1. The van der Waals surface area contributed by atoms with E-state index in [0.717, 1.165) is 5.56 Å². The molecule has 2 heterocycles. The zero-order valence-corrected chi connectivity index (χ0v) is 8.88. The number of carbonyl (C=O) groups excluding carboxylic acids is 1. The second-order valence-corrected chi connectivity index (χ2v) is 3.70. The fourth-order valence-electron chi connectivity index (χ4n) is 1.81. The molecule has 1 aromatic rings. The molecule has 0 bridgehead atoms. The molecule has 0 saturated carbocycles. The van der Waals surface area contributed by atoms with Gasteiger partial charge in [0.2, 0.25) is 0 Å². The maximum atomic E-state index is 11.0. The number of cyclic esters (lactones) is 1. The first-order chi connectivity index (χ1) is 8.24. The molecule has 0 aliphatic carbocycles. The normalized spacial score (nSPS) is 22.0. The molecule has 1 aromatic carbocycles. The molecule has 0 spiro atoms. The van der Waals surface area contributed by atoms with Gasteiger partial charge in [-0.2, -0.15) is 4.99 Å². The second-order valence-electron chi connectivity index (χ2n) is 3.70. The largest absolute Gasteiger partial charge is 0.486 e. The summed E-state index contributed by atoms with van der Waals surface area (Å²) >= 11 is 0. The van der Waals surface area contributed by atoms with Crippen LogP contribution in [0.3, 0.4) is 0 Å². The number of aliphatic imine (C=N–C) groups is 1. The van der Waals surface area contributed by atoms with E-state index in [1.807, 2.05) is 0 Å². The van der Waals surface area contributed by atoms with Crippen molar-refractivity contribution in [3.63, 3.8) is 0 Å². The molecule has 2 N–H and O–H groups in total. The Morgan fingerprint density at radius 2 is 2.00 bits per heavy atom. The van der Waals surface area contributed by atoms with Crippen molar-refractivity contribution in [1.29, 1.82) is 0 Å². The Balaban J connectivity index is 1.94. The first-order valence-electron chi connectivity index (χ1n) is 5.18. The van der Waals surface area contributed by atoms with E-state index >= 15 is 0 Å². The van der Waals surface area contributed by atoms with Crippen LogP contribution in [-0.2, 0) is 4.74 Å². The Bertz CT molecular complexity index is 512. The number of ether oxygens (including phenoxy) is 3. The first-order valence-corrected chi connectivity index (χ1v) is 5.18. The van der Waals surface area contributed by atoms with Crippen LogP contribution in [0.5, 0.6) is 11.5 Å². The topological polar surface area (TPSA) is 83.1 Å². The fraction of sp³-hybridized carbons (Fsp3) is 0.273. The van der Waals surface area contributed by atoms with Gasteiger partial charge in [-0.15, -0.1) is 0 Å². The summed E-state index contributed by atoms with van der Waals surface area (Å²) in [6, 6.07) is 5.29. The van der Waals surface area contributed by atoms with Gasteiger partial charge in [-0.25, -0.2) is 4.79 Å². The van der Waals surface area contributed by atoms with E-state index in [4.69, 9.17) is 19.9 Å². The summed E-state index contributed by atoms with van der Waals surface area (Å²) in [5, 5.41) is 0. The minimum absolute atomic E-state index is 0.159. The van der Waals surface area contributed by atoms with Gasteiger partial charge in [-0.3, -0.25) is 0 Å². The zero-order valence-electron chi connectivity index (χ0n) is 8.88. The first kappa shape index (κ1) is 9.95. The van der Waals surface area contributed by atoms with Crippen molar-refractivity contribution >= 4 is 11.9 Å². The van der Waals surface area contributed by atoms with Gasteiger partial charge in [-0.1, -0.05) is 6.07 Å². The van der Waals surface area contributed by atoms with Crippen molar-refractivity contribution in [2.75, 3.05) is 13.2 Å². The van der Waals surface area contributed by atoms with Gasteiger partial charge in [0.25, 0.3) is 0 Å². The summed E-state index contributed by atoms with van der Waals surface area (Å²) in [5.74, 6) is 1.47. The van der Waals surface area contributed by atoms with E-state index < -0.39 is 12.2 Å². The van der Waals surface area contributed by atoms with Crippen molar-refractivity contribution in [1.82, 2.24) is 0 Å². The Labute approximate surface area is 97.0 Å². The maximum Gasteiger partial charge on any atom is 0.436 e. The fourth-order valence-corrected chi connectivity index (χ4v) is 1.81. The van der Waals surface area contributed by atoms with E-state index in [9.17, 15) is 4.79 Å². The third-order valence-corrected chi connectivity index (χ3v) is 2.58. The van der Waals surface area contributed by atoms with Gasteiger partial charge >= 0.3 is 6.09 Å². The Morgan fingerprint density at radius 1 is 1.24 bits per heavy atom. The minimum Gasteiger partial charge on any atom is -0.486 e. The SMILES string of the molecule is NC1=NC(=O)OC1c1ccc2c(c1)OCCO2. The number of amidine groups is 1. The van der Waals surface area contributed by atoms with Gasteiger partial charge in [0.15, 0.2) is 23.4 Å². The number of hydrogen-bond acceptors (Lipinski definition) is 5. The summed E-state index contributed by atoms with van der Waals surface area (Å²) in [7, 11) is 0. The number of amides is 1. The maximum absolute atomic E-state index is 11.0. The standard InChI is InChI=1S/C11H10N2O4/c12-10-9(17-11(14)13-10)6-1-2-7-8(5-6)16-4-3-15-7/h1-2,5,9H,3-4H2,(H2,12,13,14). The molecule has 0 fully saturated rings. The van der Waals surface area contributed by atoms with Crippen molar-refractivity contribution in [3.8, 4) is 11.5 Å². The van der Waals surface area contributed by atoms with Crippen LogP contribution in [0.1, 0.15) is 11.7 Å². The predicted octanol–water partition coefficient (Wildman–Crippen LogP) is 1.01. The molecule has 1 unspecified atom stereocenters. The lowest BCUT2D eigenvalue weighted by Gasteiger charge is -2.20. The van der Waals surface area contributed by atoms with Crippen LogP contribution < -0.4 is 15.2 Å². The van der Waals surface area contributed by atoms with E-state index in [1.54, 1.807) is 18.2 Å². The number of nitrogens with two attached hydrogens (primary N) is 1. The Hall–Kier alpha value is -2.24. The highest BCUT2D eigenvalue weighted by Crippen LogP contribution is 2.34. The van der Waals surface area contributed by atoms with E-state index in [-0.39, 0.29) is 5.84 Å². The number of rotatable bonds is 1. The van der Waals surface area contributed by atoms with Gasteiger partial charge < -0.3 is 19.9 Å². The van der Waals surface area contributed by atoms with Gasteiger partial charge in [-0.05, 0) is 12.1 Å². The molecule has 3 rings (SSSR count). The van der Waals surface area contributed by atoms with Crippen LogP contribution in [0.25, 0.3) is 0 Å². The highest BCUT2D eigenvalue weighted by molar-refractivity contribution is 5.99. The number of hydrogen-bond donors (Lipinski definition) is 1. The van der Waals surface area contributed by atoms with Crippen molar-refractivity contribution in [2.45, 2.75) is 6.10 Å². The predicted molar refractivity (Wildman–Crippen MR) is 58.3 cm³/mol. The zero-order chi connectivity index (χ0) is 11.8. The van der Waals surface area contributed by atoms with Crippen molar-refractivity contribution in [2.24, 2.45) is 10.7 Å². The average Bonchev–Trinajstić information content (AvgIpc) is 2.68. The van der Waals surface area contributed by atoms with Crippen molar-refractivity contribution < 1.29 is 19.0 Å². The Kier molecular flexibility index (Phi) is 2.14. The Morgan fingerprint density at radius 3 is 2.71 bits per heavy atom. The van der Waals surface area contributed by atoms with Crippen LogP contribution in [0, 0.1) is 0 Å². The molecule has 6 heteroatoms. The molecule has 1 amide bonds. The highest BCUT2D eigenvalue weighted by atomic mass is 16.6. The molecule has 1 atom stereocenters. The van der Waals surface area contributed by atoms with E-state index in [1.165, 1.54) is 0 Å². The minimum atomic E-state index is -0.664. The number of nitrogens with zero attached hydrogens (tertiary/aromatic N) is 1. The molecule has 88 valence electrons. The lowest BCUT2D eigenvalue weighted by atomic mass is 10.1. The third-order valence-electron chi connectivity index (χ3n) is 2.58. The van der Waals surface area contributed by atoms with Crippen molar-refractivity contribution in [3.05, 3.63) is 23.8 Å². The van der Waals surface area contributed by atoms with Crippen LogP contribution in [0.15, 0.2) is 23.2 Å². The monoisotopic (exact) mass is 234 g/mol. The van der Waals surface area contributed by atoms with Crippen LogP contribution in [0.4, 0.5) is 4.79 Å². The van der Waals surface area contributed by atoms with Crippen LogP contribution >= 0.6 is 0 Å². The summed E-state index contributed by atoms with van der Waals surface area (Å²) in [5.41, 5.74) is 6.33. The van der Waals surface area contributed by atoms with Gasteiger partial charge in [0.05, 0.1) is 0 Å². The van der Waals surface area contributed by atoms with Crippen LogP contribution in [-0.4, -0.2) is 25.1 Å². The van der Waals surface area contributed by atoms with Gasteiger partial charge in [0, 0.05) is 5.56 Å².